The second-order valence-corrected chi connectivity index (χ2v) is 6.08. The molecular formula is C21H20N2O4. The molecule has 1 aromatic heterocycles. The molecule has 0 radical (unpaired) electrons. The molecule has 138 valence electrons. The first-order valence-electron chi connectivity index (χ1n) is 8.47. The van der Waals surface area contributed by atoms with Gasteiger partial charge in [0.1, 0.15) is 18.1 Å². The van der Waals surface area contributed by atoms with Crippen LogP contribution in [0.25, 0.3) is 0 Å². The van der Waals surface area contributed by atoms with Gasteiger partial charge in [-0.1, -0.05) is 12.1 Å². The van der Waals surface area contributed by atoms with Crippen molar-refractivity contribution >= 4 is 23.2 Å². The monoisotopic (exact) mass is 364 g/mol. The lowest BCUT2D eigenvalue weighted by Crippen LogP contribution is -2.11. The van der Waals surface area contributed by atoms with Gasteiger partial charge in [0, 0.05) is 18.3 Å². The van der Waals surface area contributed by atoms with Crippen LogP contribution in [0, 0.1) is 6.92 Å². The first kappa shape index (κ1) is 18.3. The second kappa shape index (κ2) is 8.23. The molecule has 1 heterocycles. The van der Waals surface area contributed by atoms with E-state index in [0.29, 0.717) is 17.1 Å². The molecule has 0 aliphatic carbocycles. The number of furan rings is 1. The molecule has 3 aromatic rings. The van der Waals surface area contributed by atoms with Crippen molar-refractivity contribution in [3.05, 3.63) is 77.7 Å². The molecule has 0 saturated carbocycles. The molecule has 2 amide bonds. The van der Waals surface area contributed by atoms with Crippen LogP contribution in [0.3, 0.4) is 0 Å². The molecule has 2 N–H and O–H groups in total. The lowest BCUT2D eigenvalue weighted by Gasteiger charge is -2.06. The van der Waals surface area contributed by atoms with Crippen LogP contribution in [0.5, 0.6) is 5.75 Å². The number of hydrogen-bond acceptors (Lipinski definition) is 4. The summed E-state index contributed by atoms with van der Waals surface area (Å²) in [5.74, 6) is 0.995. The van der Waals surface area contributed by atoms with E-state index in [9.17, 15) is 9.59 Å². The Bertz CT molecular complexity index is 945. The van der Waals surface area contributed by atoms with Crippen LogP contribution in [0.15, 0.2) is 65.1 Å². The summed E-state index contributed by atoms with van der Waals surface area (Å²) in [6.45, 7) is 3.67. The van der Waals surface area contributed by atoms with Gasteiger partial charge in [-0.3, -0.25) is 9.59 Å². The van der Waals surface area contributed by atoms with E-state index in [0.717, 1.165) is 11.3 Å². The summed E-state index contributed by atoms with van der Waals surface area (Å²) in [5.41, 5.74) is 2.37. The zero-order chi connectivity index (χ0) is 19.2. The van der Waals surface area contributed by atoms with Crippen molar-refractivity contribution in [2.24, 2.45) is 0 Å². The number of rotatable bonds is 6. The maximum atomic E-state index is 12.3. The predicted molar refractivity (Wildman–Crippen MR) is 103 cm³/mol. The van der Waals surface area contributed by atoms with Crippen LogP contribution < -0.4 is 15.4 Å². The van der Waals surface area contributed by atoms with Gasteiger partial charge in [-0.2, -0.15) is 0 Å². The third-order valence-corrected chi connectivity index (χ3v) is 3.72. The van der Waals surface area contributed by atoms with Crippen molar-refractivity contribution in [1.82, 2.24) is 0 Å². The summed E-state index contributed by atoms with van der Waals surface area (Å²) in [5, 5.41) is 5.41. The van der Waals surface area contributed by atoms with Gasteiger partial charge in [-0.05, 0) is 61.0 Å². The minimum absolute atomic E-state index is 0.150. The van der Waals surface area contributed by atoms with Gasteiger partial charge in [0.05, 0.1) is 0 Å². The molecule has 0 fully saturated rings. The van der Waals surface area contributed by atoms with Gasteiger partial charge < -0.3 is 19.8 Å². The fourth-order valence-corrected chi connectivity index (χ4v) is 2.47. The van der Waals surface area contributed by atoms with Gasteiger partial charge in [0.25, 0.3) is 5.91 Å². The first-order chi connectivity index (χ1) is 13.0. The fraction of sp³-hybridized carbons (Fsp3) is 0.143. The van der Waals surface area contributed by atoms with Crippen LogP contribution in [-0.4, -0.2) is 11.8 Å². The Balaban J connectivity index is 1.57. The molecular weight excluding hydrogens is 344 g/mol. The summed E-state index contributed by atoms with van der Waals surface area (Å²) in [7, 11) is 0. The minimum atomic E-state index is -0.357. The lowest BCUT2D eigenvalue weighted by molar-refractivity contribution is -0.114. The van der Waals surface area contributed by atoms with Crippen molar-refractivity contribution in [2.75, 3.05) is 10.6 Å². The third-order valence-electron chi connectivity index (χ3n) is 3.72. The Morgan fingerprint density at radius 2 is 1.67 bits per heavy atom. The molecule has 0 bridgehead atoms. The van der Waals surface area contributed by atoms with Gasteiger partial charge >= 0.3 is 0 Å². The number of carbonyl (C=O) groups excluding carboxylic acids is 2. The highest BCUT2D eigenvalue weighted by Crippen LogP contribution is 2.18. The Labute approximate surface area is 157 Å². The highest BCUT2D eigenvalue weighted by molar-refractivity contribution is 6.02. The highest BCUT2D eigenvalue weighted by atomic mass is 16.5. The Morgan fingerprint density at radius 1 is 0.963 bits per heavy atom. The van der Waals surface area contributed by atoms with Crippen molar-refractivity contribution in [3.8, 4) is 5.75 Å². The molecule has 0 spiro atoms. The zero-order valence-corrected chi connectivity index (χ0v) is 15.1. The first-order valence-corrected chi connectivity index (χ1v) is 8.47. The molecule has 0 aliphatic rings. The summed E-state index contributed by atoms with van der Waals surface area (Å²) in [6.07, 6.45) is 0. The molecule has 6 nitrogen and oxygen atoms in total. The van der Waals surface area contributed by atoms with E-state index in [1.54, 1.807) is 36.4 Å². The molecule has 0 aliphatic heterocycles. The van der Waals surface area contributed by atoms with E-state index in [4.69, 9.17) is 9.15 Å². The maximum Gasteiger partial charge on any atom is 0.291 e. The largest absolute Gasteiger partial charge is 0.486 e. The Hall–Kier alpha value is -3.54. The number of benzene rings is 2. The topological polar surface area (TPSA) is 80.6 Å². The van der Waals surface area contributed by atoms with Crippen molar-refractivity contribution in [1.29, 1.82) is 0 Å². The van der Waals surface area contributed by atoms with Gasteiger partial charge in [-0.25, -0.2) is 0 Å². The smallest absolute Gasteiger partial charge is 0.291 e. The maximum absolute atomic E-state index is 12.3. The van der Waals surface area contributed by atoms with Crippen LogP contribution in [0.1, 0.15) is 28.8 Å². The summed E-state index contributed by atoms with van der Waals surface area (Å²) in [4.78, 5) is 23.3. The van der Waals surface area contributed by atoms with Crippen molar-refractivity contribution < 1.29 is 18.7 Å². The van der Waals surface area contributed by atoms with Crippen LogP contribution >= 0.6 is 0 Å². The molecule has 0 unspecified atom stereocenters. The Morgan fingerprint density at radius 3 is 2.33 bits per heavy atom. The van der Waals surface area contributed by atoms with Crippen LogP contribution in [-0.2, 0) is 11.4 Å². The Kier molecular flexibility index (Phi) is 5.56. The SMILES string of the molecule is CC(=O)Nc1ccc(NC(=O)c2ccc(COc3cccc(C)c3)o2)cc1. The molecule has 3 rings (SSSR count). The molecule has 6 heteroatoms. The predicted octanol–water partition coefficient (Wildman–Crippen LogP) is 4.38. The van der Waals surface area contributed by atoms with E-state index in [1.165, 1.54) is 6.92 Å². The molecule has 27 heavy (non-hydrogen) atoms. The fourth-order valence-electron chi connectivity index (χ4n) is 2.47. The number of aryl methyl sites for hydroxylation is 1. The van der Waals surface area contributed by atoms with Gasteiger partial charge in [-0.15, -0.1) is 0 Å². The molecule has 0 saturated heterocycles. The quantitative estimate of drug-likeness (QED) is 0.680. The van der Waals surface area contributed by atoms with Gasteiger partial charge in [0.2, 0.25) is 5.91 Å². The summed E-state index contributed by atoms with van der Waals surface area (Å²) < 4.78 is 11.2. The van der Waals surface area contributed by atoms with Crippen LogP contribution in [0.2, 0.25) is 0 Å². The number of hydrogen-bond donors (Lipinski definition) is 2. The number of amides is 2. The number of nitrogens with one attached hydrogen (secondary N) is 2. The normalized spacial score (nSPS) is 10.3. The lowest BCUT2D eigenvalue weighted by atomic mass is 10.2. The standard InChI is InChI=1S/C21H20N2O4/c1-14-4-3-5-18(12-14)26-13-19-10-11-20(27-19)21(25)23-17-8-6-16(7-9-17)22-15(2)24/h3-12H,13H2,1-2H3,(H,22,24)(H,23,25). The van der Waals surface area contributed by atoms with Gasteiger partial charge in [0.15, 0.2) is 5.76 Å². The van der Waals surface area contributed by atoms with Crippen molar-refractivity contribution in [3.63, 3.8) is 0 Å². The summed E-state index contributed by atoms with van der Waals surface area (Å²) in [6, 6.07) is 17.9. The van der Waals surface area contributed by atoms with E-state index >= 15 is 0 Å². The van der Waals surface area contributed by atoms with E-state index in [2.05, 4.69) is 10.6 Å². The van der Waals surface area contributed by atoms with E-state index in [-0.39, 0.29) is 24.2 Å². The average Bonchev–Trinajstić information content (AvgIpc) is 3.10. The number of ether oxygens (including phenoxy) is 1. The minimum Gasteiger partial charge on any atom is -0.486 e. The van der Waals surface area contributed by atoms with Crippen LogP contribution in [0.4, 0.5) is 11.4 Å². The van der Waals surface area contributed by atoms with Crippen molar-refractivity contribution in [2.45, 2.75) is 20.5 Å². The van der Waals surface area contributed by atoms with E-state index in [1.807, 2.05) is 31.2 Å². The second-order valence-electron chi connectivity index (χ2n) is 6.08. The molecule has 0 atom stereocenters. The number of carbonyl (C=O) groups is 2. The average molecular weight is 364 g/mol. The number of anilines is 2. The van der Waals surface area contributed by atoms with E-state index < -0.39 is 0 Å². The molecule has 2 aromatic carbocycles. The zero-order valence-electron chi connectivity index (χ0n) is 15.1. The third kappa shape index (κ3) is 5.22. The highest BCUT2D eigenvalue weighted by Gasteiger charge is 2.12. The summed E-state index contributed by atoms with van der Waals surface area (Å²) >= 11 is 0.